The summed E-state index contributed by atoms with van der Waals surface area (Å²) in [6, 6.07) is 7.08. The van der Waals surface area contributed by atoms with Gasteiger partial charge in [0.1, 0.15) is 0 Å². The second-order valence-electron chi connectivity index (χ2n) is 5.12. The lowest BCUT2D eigenvalue weighted by molar-refractivity contribution is 0.341. The maximum absolute atomic E-state index is 12.5. The molecule has 0 heterocycles. The van der Waals surface area contributed by atoms with Gasteiger partial charge < -0.3 is 5.32 Å². The van der Waals surface area contributed by atoms with Crippen LogP contribution in [-0.4, -0.2) is 21.0 Å². The second kappa shape index (κ2) is 7.20. The minimum Gasteiger partial charge on any atom is -0.316 e. The van der Waals surface area contributed by atoms with E-state index in [1.165, 1.54) is 0 Å². The van der Waals surface area contributed by atoms with E-state index < -0.39 is 10.0 Å². The molecule has 0 aliphatic rings. The molecule has 0 unspecified atom stereocenters. The van der Waals surface area contributed by atoms with E-state index in [4.69, 9.17) is 0 Å². The van der Waals surface area contributed by atoms with Gasteiger partial charge in [0.25, 0.3) is 0 Å². The van der Waals surface area contributed by atoms with Crippen LogP contribution in [0.15, 0.2) is 29.2 Å². The van der Waals surface area contributed by atoms with E-state index in [0.29, 0.717) is 11.4 Å². The SMILES string of the molecule is CCC(CC)(CC)NS(=O)(=O)c1cccc(CNC)c1. The quantitative estimate of drug-likeness (QED) is 0.775. The molecule has 0 radical (unpaired) electrons. The molecule has 1 aromatic carbocycles. The first-order valence-electron chi connectivity index (χ1n) is 7.20. The molecular formula is C15H26N2O2S. The van der Waals surface area contributed by atoms with Gasteiger partial charge in [-0.15, -0.1) is 0 Å². The van der Waals surface area contributed by atoms with Crippen LogP contribution in [-0.2, 0) is 16.6 Å². The molecule has 0 saturated heterocycles. The summed E-state index contributed by atoms with van der Waals surface area (Å²) >= 11 is 0. The summed E-state index contributed by atoms with van der Waals surface area (Å²) in [6.45, 7) is 6.72. The molecule has 20 heavy (non-hydrogen) atoms. The van der Waals surface area contributed by atoms with Gasteiger partial charge in [0, 0.05) is 12.1 Å². The Morgan fingerprint density at radius 2 is 1.70 bits per heavy atom. The molecule has 114 valence electrons. The Labute approximate surface area is 123 Å². The van der Waals surface area contributed by atoms with Crippen molar-refractivity contribution in [3.63, 3.8) is 0 Å². The predicted octanol–water partition coefficient (Wildman–Crippen LogP) is 2.65. The van der Waals surface area contributed by atoms with Gasteiger partial charge in [-0.1, -0.05) is 32.9 Å². The number of hydrogen-bond donors (Lipinski definition) is 2. The van der Waals surface area contributed by atoms with Crippen molar-refractivity contribution in [2.45, 2.75) is 57.0 Å². The minimum absolute atomic E-state index is 0.338. The molecule has 1 aromatic rings. The molecule has 0 spiro atoms. The first-order chi connectivity index (χ1) is 9.43. The highest BCUT2D eigenvalue weighted by Gasteiger charge is 2.30. The van der Waals surface area contributed by atoms with Crippen molar-refractivity contribution < 1.29 is 8.42 Å². The summed E-state index contributed by atoms with van der Waals surface area (Å²) in [5.74, 6) is 0. The van der Waals surface area contributed by atoms with E-state index >= 15 is 0 Å². The smallest absolute Gasteiger partial charge is 0.241 e. The number of benzene rings is 1. The van der Waals surface area contributed by atoms with Gasteiger partial charge in [-0.3, -0.25) is 0 Å². The molecule has 0 amide bonds. The number of rotatable bonds is 8. The second-order valence-corrected chi connectivity index (χ2v) is 6.81. The van der Waals surface area contributed by atoms with Crippen molar-refractivity contribution in [2.75, 3.05) is 7.05 Å². The summed E-state index contributed by atoms with van der Waals surface area (Å²) < 4.78 is 28.0. The van der Waals surface area contributed by atoms with Gasteiger partial charge in [0.15, 0.2) is 0 Å². The minimum atomic E-state index is -3.47. The summed E-state index contributed by atoms with van der Waals surface area (Å²) in [5.41, 5.74) is 0.614. The Bertz CT molecular complexity index is 514. The number of nitrogens with one attached hydrogen (secondary N) is 2. The van der Waals surface area contributed by atoms with E-state index in [9.17, 15) is 8.42 Å². The zero-order chi connectivity index (χ0) is 15.2. The van der Waals surface area contributed by atoms with Gasteiger partial charge in [-0.2, -0.15) is 0 Å². The Kier molecular flexibility index (Phi) is 6.17. The monoisotopic (exact) mass is 298 g/mol. The van der Waals surface area contributed by atoms with E-state index in [-0.39, 0.29) is 5.54 Å². The van der Waals surface area contributed by atoms with Gasteiger partial charge in [-0.05, 0) is 44.0 Å². The van der Waals surface area contributed by atoms with Crippen molar-refractivity contribution in [3.05, 3.63) is 29.8 Å². The largest absolute Gasteiger partial charge is 0.316 e. The Morgan fingerprint density at radius 1 is 1.10 bits per heavy atom. The molecule has 2 N–H and O–H groups in total. The van der Waals surface area contributed by atoms with Crippen molar-refractivity contribution in [1.29, 1.82) is 0 Å². The lowest BCUT2D eigenvalue weighted by Gasteiger charge is -2.31. The lowest BCUT2D eigenvalue weighted by atomic mass is 9.91. The highest BCUT2D eigenvalue weighted by atomic mass is 32.2. The normalized spacial score (nSPS) is 12.6. The zero-order valence-electron chi connectivity index (χ0n) is 12.9. The van der Waals surface area contributed by atoms with Crippen molar-refractivity contribution in [3.8, 4) is 0 Å². The Morgan fingerprint density at radius 3 is 2.20 bits per heavy atom. The third-order valence-electron chi connectivity index (χ3n) is 3.97. The topological polar surface area (TPSA) is 58.2 Å². The molecule has 0 aliphatic carbocycles. The summed E-state index contributed by atoms with van der Waals surface area (Å²) in [4.78, 5) is 0.338. The van der Waals surface area contributed by atoms with Gasteiger partial charge in [-0.25, -0.2) is 13.1 Å². The highest BCUT2D eigenvalue weighted by molar-refractivity contribution is 7.89. The van der Waals surface area contributed by atoms with E-state index in [0.717, 1.165) is 24.8 Å². The Hall–Kier alpha value is -0.910. The van der Waals surface area contributed by atoms with Crippen LogP contribution in [0, 0.1) is 0 Å². The molecule has 0 fully saturated rings. The maximum atomic E-state index is 12.5. The van der Waals surface area contributed by atoms with Crippen LogP contribution in [0.4, 0.5) is 0 Å². The number of hydrogen-bond acceptors (Lipinski definition) is 3. The van der Waals surface area contributed by atoms with Gasteiger partial charge in [0.2, 0.25) is 10.0 Å². The molecular weight excluding hydrogens is 272 g/mol. The lowest BCUT2D eigenvalue weighted by Crippen LogP contribution is -2.46. The molecule has 0 aromatic heterocycles. The fourth-order valence-corrected chi connectivity index (χ4v) is 4.02. The number of sulfonamides is 1. The molecule has 4 nitrogen and oxygen atoms in total. The fraction of sp³-hybridized carbons (Fsp3) is 0.600. The van der Waals surface area contributed by atoms with Crippen LogP contribution < -0.4 is 10.0 Å². The molecule has 0 atom stereocenters. The molecule has 0 saturated carbocycles. The third kappa shape index (κ3) is 4.04. The molecule has 0 aliphatic heterocycles. The standard InChI is InChI=1S/C15H26N2O2S/c1-5-15(6-2,7-3)17-20(18,19)14-10-8-9-13(11-14)12-16-4/h8-11,16-17H,5-7,12H2,1-4H3. The highest BCUT2D eigenvalue weighted by Crippen LogP contribution is 2.23. The molecule has 1 rings (SSSR count). The zero-order valence-corrected chi connectivity index (χ0v) is 13.7. The third-order valence-corrected chi connectivity index (χ3v) is 5.55. The van der Waals surface area contributed by atoms with Crippen LogP contribution in [0.5, 0.6) is 0 Å². The first kappa shape index (κ1) is 17.1. The summed E-state index contributed by atoms with van der Waals surface area (Å²) in [5, 5.41) is 3.03. The average molecular weight is 298 g/mol. The maximum Gasteiger partial charge on any atom is 0.241 e. The van der Waals surface area contributed by atoms with E-state index in [2.05, 4.69) is 10.0 Å². The van der Waals surface area contributed by atoms with Crippen LogP contribution in [0.25, 0.3) is 0 Å². The predicted molar refractivity (Wildman–Crippen MR) is 83.1 cm³/mol. The van der Waals surface area contributed by atoms with Crippen molar-refractivity contribution in [1.82, 2.24) is 10.0 Å². The van der Waals surface area contributed by atoms with Crippen molar-refractivity contribution >= 4 is 10.0 Å². The molecule has 0 bridgehead atoms. The first-order valence-corrected chi connectivity index (χ1v) is 8.69. The van der Waals surface area contributed by atoms with E-state index in [1.807, 2.05) is 33.9 Å². The van der Waals surface area contributed by atoms with Crippen LogP contribution in [0.1, 0.15) is 45.6 Å². The van der Waals surface area contributed by atoms with Crippen LogP contribution in [0.3, 0.4) is 0 Å². The summed E-state index contributed by atoms with van der Waals surface area (Å²) in [7, 11) is -1.63. The average Bonchev–Trinajstić information content (AvgIpc) is 2.46. The van der Waals surface area contributed by atoms with Crippen LogP contribution in [0.2, 0.25) is 0 Å². The van der Waals surface area contributed by atoms with Gasteiger partial charge in [0.05, 0.1) is 4.90 Å². The summed E-state index contributed by atoms with van der Waals surface area (Å²) in [6.07, 6.45) is 2.36. The van der Waals surface area contributed by atoms with Crippen molar-refractivity contribution in [2.24, 2.45) is 0 Å². The van der Waals surface area contributed by atoms with Gasteiger partial charge >= 0.3 is 0 Å². The van der Waals surface area contributed by atoms with Crippen LogP contribution >= 0.6 is 0 Å². The fourth-order valence-electron chi connectivity index (χ4n) is 2.34. The Balaban J connectivity index is 3.07. The molecule has 5 heteroatoms. The van der Waals surface area contributed by atoms with E-state index in [1.54, 1.807) is 18.2 Å².